The van der Waals surface area contributed by atoms with E-state index in [9.17, 15) is 0 Å². The molecule has 0 aliphatic carbocycles. The van der Waals surface area contributed by atoms with Gasteiger partial charge in [-0.2, -0.15) is 0 Å². The van der Waals surface area contributed by atoms with Crippen molar-refractivity contribution in [3.8, 4) is 0 Å². The maximum atomic E-state index is 7.48. The Bertz CT molecular complexity index is 241. The van der Waals surface area contributed by atoms with Crippen LogP contribution in [0.1, 0.15) is 18.7 Å². The fourth-order valence-electron chi connectivity index (χ4n) is 1.06. The number of hydrogen-bond donors (Lipinski definition) is 1. The Kier molecular flexibility index (Phi) is 3.29. The zero-order valence-corrected chi connectivity index (χ0v) is 8.32. The first-order chi connectivity index (χ1) is 5.74. The number of rotatable bonds is 3. The zero-order chi connectivity index (χ0) is 8.97. The molecule has 0 saturated carbocycles. The fourth-order valence-corrected chi connectivity index (χ4v) is 1.78. The van der Waals surface area contributed by atoms with Gasteiger partial charge in [0.05, 0.1) is 12.4 Å². The fraction of sp³-hybridized carbons (Fsp3) is 0.444. The zero-order valence-electron chi connectivity index (χ0n) is 7.50. The summed E-state index contributed by atoms with van der Waals surface area (Å²) in [4.78, 5) is 3.37. The largest absolute Gasteiger partial charge is 0.356 e. The lowest BCUT2D eigenvalue weighted by Gasteiger charge is -2.19. The van der Waals surface area contributed by atoms with E-state index in [1.165, 1.54) is 4.88 Å². The van der Waals surface area contributed by atoms with Gasteiger partial charge in [-0.25, -0.2) is 0 Å². The van der Waals surface area contributed by atoms with E-state index in [1.54, 1.807) is 11.3 Å². The minimum absolute atomic E-state index is 0.644. The Hall–Kier alpha value is -0.830. The Morgan fingerprint density at radius 3 is 2.83 bits per heavy atom. The molecule has 0 bridgehead atoms. The van der Waals surface area contributed by atoms with E-state index in [4.69, 9.17) is 5.41 Å². The monoisotopic (exact) mass is 182 g/mol. The maximum absolute atomic E-state index is 7.48. The van der Waals surface area contributed by atoms with Gasteiger partial charge < -0.3 is 4.90 Å². The van der Waals surface area contributed by atoms with Crippen LogP contribution < -0.4 is 0 Å². The third-order valence-electron chi connectivity index (χ3n) is 1.78. The van der Waals surface area contributed by atoms with E-state index in [1.807, 2.05) is 17.9 Å². The first kappa shape index (κ1) is 9.26. The van der Waals surface area contributed by atoms with Crippen LogP contribution in [0.3, 0.4) is 0 Å². The molecule has 0 spiro atoms. The highest BCUT2D eigenvalue weighted by atomic mass is 32.1. The van der Waals surface area contributed by atoms with Crippen LogP contribution >= 0.6 is 11.3 Å². The summed E-state index contributed by atoms with van der Waals surface area (Å²) < 4.78 is 0. The molecule has 1 aromatic heterocycles. The molecule has 0 atom stereocenters. The molecule has 12 heavy (non-hydrogen) atoms. The van der Waals surface area contributed by atoms with Gasteiger partial charge in [-0.05, 0) is 25.3 Å². The first-order valence-electron chi connectivity index (χ1n) is 4.06. The van der Waals surface area contributed by atoms with Crippen molar-refractivity contribution in [2.24, 2.45) is 0 Å². The van der Waals surface area contributed by atoms with Gasteiger partial charge in [0.25, 0.3) is 0 Å². The second-order valence-corrected chi connectivity index (χ2v) is 3.71. The Labute approximate surface area is 77.3 Å². The number of amidine groups is 1. The van der Waals surface area contributed by atoms with Crippen molar-refractivity contribution in [1.82, 2.24) is 4.90 Å². The van der Waals surface area contributed by atoms with E-state index in [0.29, 0.717) is 5.84 Å². The number of hydrogen-bond acceptors (Lipinski definition) is 2. The number of nitrogens with zero attached hydrogens (tertiary/aromatic N) is 1. The summed E-state index contributed by atoms with van der Waals surface area (Å²) >= 11 is 1.75. The number of thiophene rings is 1. The normalized spacial score (nSPS) is 9.83. The van der Waals surface area contributed by atoms with Crippen LogP contribution in [0.5, 0.6) is 0 Å². The molecule has 0 unspecified atom stereocenters. The molecule has 1 aromatic rings. The molecule has 0 saturated heterocycles. The minimum atomic E-state index is 0.644. The van der Waals surface area contributed by atoms with E-state index in [-0.39, 0.29) is 0 Å². The molecular formula is C9H14N2S. The summed E-state index contributed by atoms with van der Waals surface area (Å²) in [5.41, 5.74) is 0. The third-order valence-corrected chi connectivity index (χ3v) is 2.64. The van der Waals surface area contributed by atoms with Crippen molar-refractivity contribution in [2.45, 2.75) is 20.4 Å². The van der Waals surface area contributed by atoms with Crippen molar-refractivity contribution in [3.05, 3.63) is 22.4 Å². The van der Waals surface area contributed by atoms with Gasteiger partial charge in [-0.1, -0.05) is 6.07 Å². The van der Waals surface area contributed by atoms with Gasteiger partial charge in [0.15, 0.2) is 0 Å². The molecule has 0 aliphatic rings. The average Bonchev–Trinajstić information content (AvgIpc) is 2.51. The molecule has 0 aromatic carbocycles. The summed E-state index contributed by atoms with van der Waals surface area (Å²) in [6.07, 6.45) is 0. The predicted molar refractivity (Wildman–Crippen MR) is 53.8 cm³/mol. The van der Waals surface area contributed by atoms with Gasteiger partial charge >= 0.3 is 0 Å². The molecule has 0 aliphatic heterocycles. The van der Waals surface area contributed by atoms with E-state index >= 15 is 0 Å². The Balaban J connectivity index is 2.54. The lowest BCUT2D eigenvalue weighted by Crippen LogP contribution is -2.26. The summed E-state index contributed by atoms with van der Waals surface area (Å²) in [5.74, 6) is 0.644. The molecule has 1 rings (SSSR count). The Morgan fingerprint density at radius 1 is 1.67 bits per heavy atom. The van der Waals surface area contributed by atoms with E-state index < -0.39 is 0 Å². The van der Waals surface area contributed by atoms with Crippen molar-refractivity contribution >= 4 is 17.2 Å². The summed E-state index contributed by atoms with van der Waals surface area (Å²) in [7, 11) is 0. The van der Waals surface area contributed by atoms with Gasteiger partial charge in [0, 0.05) is 11.4 Å². The van der Waals surface area contributed by atoms with Crippen molar-refractivity contribution in [3.63, 3.8) is 0 Å². The van der Waals surface area contributed by atoms with Crippen molar-refractivity contribution < 1.29 is 0 Å². The molecule has 1 N–H and O–H groups in total. The van der Waals surface area contributed by atoms with E-state index in [2.05, 4.69) is 18.4 Å². The SMILES string of the molecule is CCN(Cc1cccs1)C(C)=N. The molecule has 0 amide bonds. The molecule has 0 fully saturated rings. The highest BCUT2D eigenvalue weighted by molar-refractivity contribution is 7.09. The lowest BCUT2D eigenvalue weighted by atomic mass is 10.4. The molecule has 1 heterocycles. The quantitative estimate of drug-likeness (QED) is 0.564. The maximum Gasteiger partial charge on any atom is 0.0929 e. The molecule has 0 radical (unpaired) electrons. The van der Waals surface area contributed by atoms with Crippen LogP contribution in [0, 0.1) is 5.41 Å². The second kappa shape index (κ2) is 4.26. The molecule has 3 heteroatoms. The van der Waals surface area contributed by atoms with Gasteiger partial charge in [-0.3, -0.25) is 5.41 Å². The molecule has 2 nitrogen and oxygen atoms in total. The lowest BCUT2D eigenvalue weighted by molar-refractivity contribution is 0.434. The van der Waals surface area contributed by atoms with E-state index in [0.717, 1.165) is 13.1 Å². The van der Waals surface area contributed by atoms with Gasteiger partial charge in [0.2, 0.25) is 0 Å². The molecule has 66 valence electrons. The minimum Gasteiger partial charge on any atom is -0.356 e. The third kappa shape index (κ3) is 2.34. The van der Waals surface area contributed by atoms with Crippen LogP contribution in [0.15, 0.2) is 17.5 Å². The van der Waals surface area contributed by atoms with Crippen LogP contribution in [0.2, 0.25) is 0 Å². The van der Waals surface area contributed by atoms with Crippen LogP contribution in [0.25, 0.3) is 0 Å². The topological polar surface area (TPSA) is 27.1 Å². The summed E-state index contributed by atoms with van der Waals surface area (Å²) in [6.45, 7) is 5.69. The average molecular weight is 182 g/mol. The van der Waals surface area contributed by atoms with Gasteiger partial charge in [0.1, 0.15) is 0 Å². The highest BCUT2D eigenvalue weighted by Crippen LogP contribution is 2.11. The molecular weight excluding hydrogens is 168 g/mol. The van der Waals surface area contributed by atoms with Crippen molar-refractivity contribution in [1.29, 1.82) is 5.41 Å². The smallest absolute Gasteiger partial charge is 0.0929 e. The highest BCUT2D eigenvalue weighted by Gasteiger charge is 2.03. The summed E-state index contributed by atoms with van der Waals surface area (Å²) in [5, 5.41) is 9.56. The first-order valence-corrected chi connectivity index (χ1v) is 4.94. The second-order valence-electron chi connectivity index (χ2n) is 2.68. The predicted octanol–water partition coefficient (Wildman–Crippen LogP) is 2.57. The van der Waals surface area contributed by atoms with Crippen LogP contribution in [-0.4, -0.2) is 17.3 Å². The standard InChI is InChI=1S/C9H14N2S/c1-3-11(8(2)10)7-9-5-4-6-12-9/h4-6,10H,3,7H2,1-2H3. The van der Waals surface area contributed by atoms with Crippen LogP contribution in [0.4, 0.5) is 0 Å². The van der Waals surface area contributed by atoms with Crippen LogP contribution in [-0.2, 0) is 6.54 Å². The number of nitrogens with one attached hydrogen (secondary N) is 1. The Morgan fingerprint density at radius 2 is 2.42 bits per heavy atom. The van der Waals surface area contributed by atoms with Gasteiger partial charge in [-0.15, -0.1) is 11.3 Å². The summed E-state index contributed by atoms with van der Waals surface area (Å²) in [6, 6.07) is 4.16. The van der Waals surface area contributed by atoms with Crippen molar-refractivity contribution in [2.75, 3.05) is 6.54 Å².